The minimum Gasteiger partial charge on any atom is -0.507 e. The number of para-hydroxylation sites is 1. The molecule has 1 heterocycles. The second-order valence-electron chi connectivity index (χ2n) is 5.52. The highest BCUT2D eigenvalue weighted by molar-refractivity contribution is 7.99. The second kappa shape index (κ2) is 9.05. The van der Waals surface area contributed by atoms with Gasteiger partial charge in [0.05, 0.1) is 23.5 Å². The molecule has 3 aromatic rings. The van der Waals surface area contributed by atoms with Crippen LogP contribution in [0.5, 0.6) is 5.75 Å². The maximum absolute atomic E-state index is 12.1. The van der Waals surface area contributed by atoms with Crippen molar-refractivity contribution in [2.24, 2.45) is 0 Å². The normalized spacial score (nSPS) is 10.5. The van der Waals surface area contributed by atoms with Crippen LogP contribution in [0.3, 0.4) is 0 Å². The standard InChI is InChI=1S/C19H17N3O5S/c1-2-26-18(25)12-7-9-13(10-8-12)20-16(24)11-28-19-22-21-17(27-19)14-5-3-4-6-15(14)23/h3-10,23H,2,11H2,1H3,(H,20,24). The minimum absolute atomic E-state index is 0.0340. The zero-order valence-corrected chi connectivity index (χ0v) is 15.7. The molecule has 0 bridgehead atoms. The highest BCUT2D eigenvalue weighted by atomic mass is 32.2. The SMILES string of the molecule is CCOC(=O)c1ccc(NC(=O)CSc2nnc(-c3ccccc3O)o2)cc1. The molecule has 144 valence electrons. The van der Waals surface area contributed by atoms with Gasteiger partial charge in [0.1, 0.15) is 5.75 Å². The van der Waals surface area contributed by atoms with Crippen molar-refractivity contribution in [3.8, 4) is 17.2 Å². The maximum Gasteiger partial charge on any atom is 0.338 e. The number of nitrogens with zero attached hydrogens (tertiary/aromatic N) is 2. The molecule has 0 aliphatic rings. The topological polar surface area (TPSA) is 115 Å². The molecule has 2 N–H and O–H groups in total. The number of hydrogen-bond acceptors (Lipinski definition) is 8. The van der Waals surface area contributed by atoms with Gasteiger partial charge in [-0.15, -0.1) is 10.2 Å². The summed E-state index contributed by atoms with van der Waals surface area (Å²) in [6.45, 7) is 2.04. The van der Waals surface area contributed by atoms with Crippen LogP contribution in [0.1, 0.15) is 17.3 Å². The number of aromatic hydroxyl groups is 1. The Morgan fingerprint density at radius 3 is 2.61 bits per heavy atom. The largest absolute Gasteiger partial charge is 0.507 e. The summed E-state index contributed by atoms with van der Waals surface area (Å²) in [7, 11) is 0. The van der Waals surface area contributed by atoms with Gasteiger partial charge in [-0.2, -0.15) is 0 Å². The van der Waals surface area contributed by atoms with Crippen molar-refractivity contribution in [3.63, 3.8) is 0 Å². The molecule has 0 spiro atoms. The summed E-state index contributed by atoms with van der Waals surface area (Å²) in [6.07, 6.45) is 0. The average molecular weight is 399 g/mol. The van der Waals surface area contributed by atoms with Gasteiger partial charge in [-0.1, -0.05) is 23.9 Å². The Bertz CT molecular complexity index is 972. The molecule has 28 heavy (non-hydrogen) atoms. The van der Waals surface area contributed by atoms with Gasteiger partial charge < -0.3 is 19.6 Å². The number of aromatic nitrogens is 2. The number of hydrogen-bond donors (Lipinski definition) is 2. The zero-order chi connectivity index (χ0) is 19.9. The van der Waals surface area contributed by atoms with E-state index in [1.807, 2.05) is 0 Å². The molecule has 0 aliphatic carbocycles. The predicted octanol–water partition coefficient (Wildman–Crippen LogP) is 3.35. The summed E-state index contributed by atoms with van der Waals surface area (Å²) in [4.78, 5) is 23.7. The first-order chi connectivity index (χ1) is 13.6. The highest BCUT2D eigenvalue weighted by Crippen LogP contribution is 2.29. The van der Waals surface area contributed by atoms with Crippen molar-refractivity contribution in [2.75, 3.05) is 17.7 Å². The molecule has 0 saturated heterocycles. The van der Waals surface area contributed by atoms with E-state index < -0.39 is 5.97 Å². The summed E-state index contributed by atoms with van der Waals surface area (Å²) >= 11 is 1.08. The van der Waals surface area contributed by atoms with E-state index in [-0.39, 0.29) is 28.5 Å². The maximum atomic E-state index is 12.1. The Morgan fingerprint density at radius 1 is 1.14 bits per heavy atom. The van der Waals surface area contributed by atoms with Gasteiger partial charge in [-0.3, -0.25) is 4.79 Å². The number of esters is 1. The number of phenolic OH excluding ortho intramolecular Hbond substituents is 1. The lowest BCUT2D eigenvalue weighted by Gasteiger charge is -2.05. The van der Waals surface area contributed by atoms with Gasteiger partial charge in [0.25, 0.3) is 11.1 Å². The number of rotatable bonds is 7. The van der Waals surface area contributed by atoms with E-state index in [2.05, 4.69) is 15.5 Å². The van der Waals surface area contributed by atoms with Crippen molar-refractivity contribution in [3.05, 3.63) is 54.1 Å². The number of amides is 1. The third-order valence-electron chi connectivity index (χ3n) is 3.55. The number of nitrogens with one attached hydrogen (secondary N) is 1. The van der Waals surface area contributed by atoms with Gasteiger partial charge in [-0.25, -0.2) is 4.79 Å². The van der Waals surface area contributed by atoms with E-state index in [1.54, 1.807) is 49.4 Å². The van der Waals surface area contributed by atoms with Crippen molar-refractivity contribution in [2.45, 2.75) is 12.1 Å². The van der Waals surface area contributed by atoms with Crippen LogP contribution in [0.2, 0.25) is 0 Å². The number of thioether (sulfide) groups is 1. The number of benzene rings is 2. The summed E-state index contributed by atoms with van der Waals surface area (Å²) in [5.41, 5.74) is 1.39. The van der Waals surface area contributed by atoms with E-state index in [9.17, 15) is 14.7 Å². The van der Waals surface area contributed by atoms with Crippen LogP contribution in [0.25, 0.3) is 11.5 Å². The fraction of sp³-hybridized carbons (Fsp3) is 0.158. The fourth-order valence-electron chi connectivity index (χ4n) is 2.26. The van der Waals surface area contributed by atoms with Crippen LogP contribution < -0.4 is 5.32 Å². The molecule has 0 unspecified atom stereocenters. The number of phenols is 1. The van der Waals surface area contributed by atoms with E-state index in [0.29, 0.717) is 23.4 Å². The number of ether oxygens (including phenoxy) is 1. The monoisotopic (exact) mass is 399 g/mol. The lowest BCUT2D eigenvalue weighted by Crippen LogP contribution is -2.14. The molecule has 0 radical (unpaired) electrons. The van der Waals surface area contributed by atoms with E-state index >= 15 is 0 Å². The van der Waals surface area contributed by atoms with Gasteiger partial charge in [0.2, 0.25) is 5.91 Å². The van der Waals surface area contributed by atoms with Crippen LogP contribution in [0, 0.1) is 0 Å². The summed E-state index contributed by atoms with van der Waals surface area (Å²) in [5.74, 6) is -0.409. The summed E-state index contributed by atoms with van der Waals surface area (Å²) in [6, 6.07) is 13.0. The Labute approximate surface area is 164 Å². The molecule has 0 aliphatic heterocycles. The quantitative estimate of drug-likeness (QED) is 0.459. The Morgan fingerprint density at radius 2 is 1.89 bits per heavy atom. The third-order valence-corrected chi connectivity index (χ3v) is 4.37. The van der Waals surface area contributed by atoms with Gasteiger partial charge in [-0.05, 0) is 43.3 Å². The molecule has 1 amide bonds. The number of carbonyl (C=O) groups excluding carboxylic acids is 2. The Hall–Kier alpha value is -3.33. The smallest absolute Gasteiger partial charge is 0.338 e. The average Bonchev–Trinajstić information content (AvgIpc) is 3.16. The lowest BCUT2D eigenvalue weighted by molar-refractivity contribution is -0.113. The van der Waals surface area contributed by atoms with E-state index in [1.165, 1.54) is 6.07 Å². The predicted molar refractivity (Wildman–Crippen MR) is 103 cm³/mol. The summed E-state index contributed by atoms with van der Waals surface area (Å²) < 4.78 is 10.4. The second-order valence-corrected chi connectivity index (χ2v) is 6.45. The third kappa shape index (κ3) is 4.89. The molecule has 2 aromatic carbocycles. The zero-order valence-electron chi connectivity index (χ0n) is 14.9. The molecule has 0 saturated carbocycles. The molecule has 9 heteroatoms. The first kappa shape index (κ1) is 19.4. The van der Waals surface area contributed by atoms with Crippen molar-refractivity contribution in [1.82, 2.24) is 10.2 Å². The minimum atomic E-state index is -0.410. The molecule has 0 atom stereocenters. The molecule has 0 fully saturated rings. The number of anilines is 1. The van der Waals surface area contributed by atoms with Crippen LogP contribution >= 0.6 is 11.8 Å². The van der Waals surface area contributed by atoms with Gasteiger partial charge in [0, 0.05) is 5.69 Å². The van der Waals surface area contributed by atoms with Crippen molar-refractivity contribution in [1.29, 1.82) is 0 Å². The summed E-state index contributed by atoms with van der Waals surface area (Å²) in [5, 5.41) is 20.5. The molecular weight excluding hydrogens is 382 g/mol. The molecular formula is C19H17N3O5S. The first-order valence-corrected chi connectivity index (χ1v) is 9.37. The van der Waals surface area contributed by atoms with Crippen LogP contribution in [-0.2, 0) is 9.53 Å². The fourth-order valence-corrected chi connectivity index (χ4v) is 2.82. The lowest BCUT2D eigenvalue weighted by atomic mass is 10.2. The molecule has 8 nitrogen and oxygen atoms in total. The number of carbonyl (C=O) groups is 2. The van der Waals surface area contributed by atoms with E-state index in [0.717, 1.165) is 11.8 Å². The Kier molecular flexibility index (Phi) is 6.28. The van der Waals surface area contributed by atoms with Crippen LogP contribution in [0.4, 0.5) is 5.69 Å². The van der Waals surface area contributed by atoms with Crippen molar-refractivity contribution < 1.29 is 23.8 Å². The highest BCUT2D eigenvalue weighted by Gasteiger charge is 2.14. The van der Waals surface area contributed by atoms with Crippen molar-refractivity contribution >= 4 is 29.3 Å². The Balaban J connectivity index is 1.54. The molecule has 3 rings (SSSR count). The van der Waals surface area contributed by atoms with Gasteiger partial charge >= 0.3 is 5.97 Å². The van der Waals surface area contributed by atoms with Crippen LogP contribution in [0.15, 0.2) is 58.2 Å². The molecule has 1 aromatic heterocycles. The van der Waals surface area contributed by atoms with E-state index in [4.69, 9.17) is 9.15 Å². The first-order valence-electron chi connectivity index (χ1n) is 8.38. The van der Waals surface area contributed by atoms with Crippen LogP contribution in [-0.4, -0.2) is 39.5 Å². The van der Waals surface area contributed by atoms with Gasteiger partial charge in [0.15, 0.2) is 0 Å².